The van der Waals surface area contributed by atoms with Crippen LogP contribution in [0.5, 0.6) is 0 Å². The fourth-order valence-electron chi connectivity index (χ4n) is 3.22. The van der Waals surface area contributed by atoms with E-state index in [1.165, 1.54) is 45.6 Å². The SMILES string of the molecule is CS[C@@H](C)CC(=O)N1CCC(CN2CCN(C)CC2)CC1. The summed E-state index contributed by atoms with van der Waals surface area (Å²) in [7, 11) is 2.21. The number of thioether (sulfide) groups is 1. The predicted molar refractivity (Wildman–Crippen MR) is 90.8 cm³/mol. The predicted octanol–water partition coefficient (Wildman–Crippen LogP) is 1.61. The van der Waals surface area contributed by atoms with Crippen molar-refractivity contribution in [2.45, 2.75) is 31.4 Å². The van der Waals surface area contributed by atoms with Crippen molar-refractivity contribution in [1.82, 2.24) is 14.7 Å². The molecule has 0 saturated carbocycles. The normalized spacial score (nSPS) is 24.2. The van der Waals surface area contributed by atoms with Crippen LogP contribution in [0.3, 0.4) is 0 Å². The molecule has 0 radical (unpaired) electrons. The van der Waals surface area contributed by atoms with E-state index < -0.39 is 0 Å². The minimum absolute atomic E-state index is 0.356. The van der Waals surface area contributed by atoms with Gasteiger partial charge in [-0.15, -0.1) is 0 Å². The number of amides is 1. The Morgan fingerprint density at radius 2 is 1.76 bits per heavy atom. The summed E-state index contributed by atoms with van der Waals surface area (Å²) in [5.41, 5.74) is 0. The fourth-order valence-corrected chi connectivity index (χ4v) is 3.53. The summed E-state index contributed by atoms with van der Waals surface area (Å²) < 4.78 is 0. The Labute approximate surface area is 134 Å². The quantitative estimate of drug-likeness (QED) is 0.770. The van der Waals surface area contributed by atoms with Crippen molar-refractivity contribution in [3.8, 4) is 0 Å². The van der Waals surface area contributed by atoms with Gasteiger partial charge in [-0.25, -0.2) is 0 Å². The third-order valence-electron chi connectivity index (χ3n) is 4.94. The van der Waals surface area contributed by atoms with E-state index in [1.54, 1.807) is 11.8 Å². The number of likely N-dealkylation sites (N-methyl/N-ethyl adjacent to an activating group) is 1. The first-order valence-electron chi connectivity index (χ1n) is 8.30. The summed E-state index contributed by atoms with van der Waals surface area (Å²) >= 11 is 1.78. The summed E-state index contributed by atoms with van der Waals surface area (Å²) in [6.45, 7) is 10.1. The lowest BCUT2D eigenvalue weighted by Crippen LogP contribution is -2.48. The first-order chi connectivity index (χ1) is 10.1. The zero-order valence-corrected chi connectivity index (χ0v) is 14.7. The second-order valence-corrected chi connectivity index (χ2v) is 7.95. The minimum atomic E-state index is 0.356. The van der Waals surface area contributed by atoms with E-state index in [0.717, 1.165) is 19.0 Å². The number of hydrogen-bond acceptors (Lipinski definition) is 4. The van der Waals surface area contributed by atoms with E-state index in [1.807, 2.05) is 0 Å². The first-order valence-corrected chi connectivity index (χ1v) is 9.58. The molecule has 2 rings (SSSR count). The maximum Gasteiger partial charge on any atom is 0.223 e. The number of piperidine rings is 1. The van der Waals surface area contributed by atoms with Gasteiger partial charge in [0.05, 0.1) is 0 Å². The third kappa shape index (κ3) is 5.46. The first kappa shape index (κ1) is 17.1. The van der Waals surface area contributed by atoms with Gasteiger partial charge < -0.3 is 14.7 Å². The summed E-state index contributed by atoms with van der Waals surface area (Å²) in [5, 5.41) is 0.445. The molecule has 5 heteroatoms. The van der Waals surface area contributed by atoms with Crippen LogP contribution in [0.2, 0.25) is 0 Å². The molecule has 0 aromatic carbocycles. The van der Waals surface area contributed by atoms with Gasteiger partial charge >= 0.3 is 0 Å². The summed E-state index contributed by atoms with van der Waals surface area (Å²) in [6, 6.07) is 0. The number of carbonyl (C=O) groups is 1. The third-order valence-corrected chi connectivity index (χ3v) is 5.92. The van der Waals surface area contributed by atoms with Crippen molar-refractivity contribution >= 4 is 17.7 Å². The van der Waals surface area contributed by atoms with Gasteiger partial charge in [-0.05, 0) is 32.1 Å². The average Bonchev–Trinajstić information content (AvgIpc) is 2.50. The second-order valence-electron chi connectivity index (χ2n) is 6.68. The molecule has 4 nitrogen and oxygen atoms in total. The number of piperazine rings is 1. The highest BCUT2D eigenvalue weighted by molar-refractivity contribution is 7.99. The largest absolute Gasteiger partial charge is 0.343 e. The van der Waals surface area contributed by atoms with Crippen LogP contribution < -0.4 is 0 Å². The monoisotopic (exact) mass is 313 g/mol. The molecular formula is C16H31N3OS. The molecule has 2 heterocycles. The van der Waals surface area contributed by atoms with Crippen molar-refractivity contribution in [2.75, 3.05) is 59.1 Å². The number of rotatable bonds is 5. The van der Waals surface area contributed by atoms with Crippen LogP contribution in [-0.2, 0) is 4.79 Å². The van der Waals surface area contributed by atoms with E-state index in [0.29, 0.717) is 17.6 Å². The van der Waals surface area contributed by atoms with Crippen molar-refractivity contribution < 1.29 is 4.79 Å². The van der Waals surface area contributed by atoms with E-state index in [9.17, 15) is 4.79 Å². The maximum absolute atomic E-state index is 12.2. The molecule has 0 bridgehead atoms. The number of carbonyl (C=O) groups excluding carboxylic acids is 1. The summed E-state index contributed by atoms with van der Waals surface area (Å²) in [5.74, 6) is 1.14. The molecule has 21 heavy (non-hydrogen) atoms. The number of hydrogen-bond donors (Lipinski definition) is 0. The average molecular weight is 314 g/mol. The lowest BCUT2D eigenvalue weighted by Gasteiger charge is -2.38. The molecule has 2 aliphatic rings. The molecule has 0 spiro atoms. The Morgan fingerprint density at radius 3 is 2.33 bits per heavy atom. The molecule has 1 atom stereocenters. The highest BCUT2D eigenvalue weighted by atomic mass is 32.2. The van der Waals surface area contributed by atoms with Gasteiger partial charge in [-0.2, -0.15) is 11.8 Å². The van der Waals surface area contributed by atoms with Crippen LogP contribution >= 0.6 is 11.8 Å². The van der Waals surface area contributed by atoms with Gasteiger partial charge in [0.1, 0.15) is 0 Å². The Hall–Kier alpha value is -0.260. The Morgan fingerprint density at radius 1 is 1.14 bits per heavy atom. The number of nitrogens with zero attached hydrogens (tertiary/aromatic N) is 3. The van der Waals surface area contributed by atoms with E-state index in [-0.39, 0.29) is 0 Å². The molecule has 0 N–H and O–H groups in total. The maximum atomic E-state index is 12.2. The molecule has 122 valence electrons. The van der Waals surface area contributed by atoms with Crippen molar-refractivity contribution in [3.63, 3.8) is 0 Å². The van der Waals surface area contributed by atoms with Crippen LogP contribution in [0.1, 0.15) is 26.2 Å². The molecular weight excluding hydrogens is 282 g/mol. The van der Waals surface area contributed by atoms with Crippen LogP contribution in [0.25, 0.3) is 0 Å². The smallest absolute Gasteiger partial charge is 0.223 e. The van der Waals surface area contributed by atoms with Crippen LogP contribution in [0, 0.1) is 5.92 Å². The fraction of sp³-hybridized carbons (Fsp3) is 0.938. The van der Waals surface area contributed by atoms with Crippen LogP contribution in [0.15, 0.2) is 0 Å². The standard InChI is InChI=1S/C16H31N3OS/c1-14(21-3)12-16(20)19-6-4-15(5-7-19)13-18-10-8-17(2)9-11-18/h14-15H,4-13H2,1-3H3/t14-/m0/s1. The summed E-state index contributed by atoms with van der Waals surface area (Å²) in [4.78, 5) is 19.3. The Bertz CT molecular complexity index is 323. The van der Waals surface area contributed by atoms with E-state index in [2.05, 4.69) is 34.9 Å². The summed E-state index contributed by atoms with van der Waals surface area (Å²) in [6.07, 6.45) is 5.15. The molecule has 2 fully saturated rings. The molecule has 0 aromatic rings. The molecule has 1 amide bonds. The second kappa shape index (κ2) is 8.39. The minimum Gasteiger partial charge on any atom is -0.343 e. The van der Waals surface area contributed by atoms with Crippen molar-refractivity contribution in [1.29, 1.82) is 0 Å². The van der Waals surface area contributed by atoms with E-state index in [4.69, 9.17) is 0 Å². The van der Waals surface area contributed by atoms with Gasteiger partial charge in [0.2, 0.25) is 5.91 Å². The molecule has 0 unspecified atom stereocenters. The van der Waals surface area contributed by atoms with Gasteiger partial charge in [0.25, 0.3) is 0 Å². The van der Waals surface area contributed by atoms with Crippen molar-refractivity contribution in [3.05, 3.63) is 0 Å². The zero-order chi connectivity index (χ0) is 15.2. The van der Waals surface area contributed by atoms with Gasteiger partial charge in [-0.1, -0.05) is 6.92 Å². The van der Waals surface area contributed by atoms with Crippen molar-refractivity contribution in [2.24, 2.45) is 5.92 Å². The van der Waals surface area contributed by atoms with Gasteiger partial charge in [0, 0.05) is 57.5 Å². The highest BCUT2D eigenvalue weighted by Gasteiger charge is 2.25. The molecule has 0 aromatic heterocycles. The molecule has 2 aliphatic heterocycles. The lowest BCUT2D eigenvalue weighted by atomic mass is 9.95. The Kier molecular flexibility index (Phi) is 6.83. The van der Waals surface area contributed by atoms with Crippen LogP contribution in [0.4, 0.5) is 0 Å². The molecule has 0 aliphatic carbocycles. The number of likely N-dealkylation sites (tertiary alicyclic amines) is 1. The van der Waals surface area contributed by atoms with E-state index >= 15 is 0 Å². The zero-order valence-electron chi connectivity index (χ0n) is 13.9. The topological polar surface area (TPSA) is 26.8 Å². The Balaban J connectivity index is 1.67. The molecule has 2 saturated heterocycles. The lowest BCUT2D eigenvalue weighted by molar-refractivity contribution is -0.132. The highest BCUT2D eigenvalue weighted by Crippen LogP contribution is 2.21. The van der Waals surface area contributed by atoms with Crippen LogP contribution in [-0.4, -0.2) is 85.0 Å². The van der Waals surface area contributed by atoms with Gasteiger partial charge in [0.15, 0.2) is 0 Å². The van der Waals surface area contributed by atoms with Gasteiger partial charge in [-0.3, -0.25) is 4.79 Å².